The van der Waals surface area contributed by atoms with E-state index in [9.17, 15) is 8.42 Å². The maximum Gasteiger partial charge on any atom is 0.150 e. The van der Waals surface area contributed by atoms with Crippen LogP contribution in [0.3, 0.4) is 0 Å². The molecule has 0 aliphatic carbocycles. The second kappa shape index (κ2) is 7.09. The third kappa shape index (κ3) is 7.99. The molecule has 0 aromatic heterocycles. The highest BCUT2D eigenvalue weighted by atomic mass is 32.2. The van der Waals surface area contributed by atoms with Gasteiger partial charge in [-0.1, -0.05) is 19.1 Å². The number of rotatable bonds is 7. The van der Waals surface area contributed by atoms with Crippen LogP contribution in [0.1, 0.15) is 19.8 Å². The number of sulfone groups is 1. The summed E-state index contributed by atoms with van der Waals surface area (Å²) >= 11 is 0. The lowest BCUT2D eigenvalue weighted by Gasteiger charge is -1.96. The molecule has 0 aliphatic heterocycles. The SMILES string of the molecule is CCS(=O)(=O)CC/C=C/CCNC. The Morgan fingerprint density at radius 2 is 1.85 bits per heavy atom. The molecule has 0 heterocycles. The van der Waals surface area contributed by atoms with Gasteiger partial charge in [-0.05, 0) is 26.4 Å². The number of nitrogens with one attached hydrogen (secondary N) is 1. The van der Waals surface area contributed by atoms with Gasteiger partial charge in [-0.2, -0.15) is 0 Å². The summed E-state index contributed by atoms with van der Waals surface area (Å²) in [6, 6.07) is 0. The zero-order valence-electron chi connectivity index (χ0n) is 8.41. The molecule has 0 aromatic carbocycles. The molecule has 1 N–H and O–H groups in total. The first kappa shape index (κ1) is 12.7. The van der Waals surface area contributed by atoms with Gasteiger partial charge in [0.2, 0.25) is 0 Å². The van der Waals surface area contributed by atoms with Crippen molar-refractivity contribution in [2.75, 3.05) is 25.1 Å². The van der Waals surface area contributed by atoms with Crippen LogP contribution < -0.4 is 5.32 Å². The minimum Gasteiger partial charge on any atom is -0.319 e. The van der Waals surface area contributed by atoms with Crippen LogP contribution in [0.2, 0.25) is 0 Å². The molecule has 4 heteroatoms. The molecule has 78 valence electrons. The molecule has 0 aliphatic rings. The summed E-state index contributed by atoms with van der Waals surface area (Å²) in [5.41, 5.74) is 0. The predicted octanol–water partition coefficient (Wildman–Crippen LogP) is 0.977. The Balaban J connectivity index is 3.50. The second-order valence-corrected chi connectivity index (χ2v) is 5.36. The normalized spacial score (nSPS) is 12.5. The Morgan fingerprint density at radius 3 is 2.38 bits per heavy atom. The van der Waals surface area contributed by atoms with E-state index in [1.807, 2.05) is 19.2 Å². The van der Waals surface area contributed by atoms with Crippen molar-refractivity contribution in [3.63, 3.8) is 0 Å². The highest BCUT2D eigenvalue weighted by Gasteiger charge is 2.03. The molecule has 0 spiro atoms. The first-order valence-corrected chi connectivity index (χ1v) is 6.44. The first-order valence-electron chi connectivity index (χ1n) is 4.62. The van der Waals surface area contributed by atoms with Gasteiger partial charge in [-0.3, -0.25) is 0 Å². The van der Waals surface area contributed by atoms with Gasteiger partial charge in [0.1, 0.15) is 9.84 Å². The van der Waals surface area contributed by atoms with Gasteiger partial charge in [-0.15, -0.1) is 0 Å². The number of hydrogen-bond acceptors (Lipinski definition) is 3. The maximum atomic E-state index is 11.0. The van der Waals surface area contributed by atoms with Crippen LogP contribution >= 0.6 is 0 Å². The quantitative estimate of drug-likeness (QED) is 0.498. The minimum absolute atomic E-state index is 0.247. The molecule has 0 fully saturated rings. The standard InChI is InChI=1S/C9H19NO2S/c1-3-13(11,12)9-7-5-4-6-8-10-2/h4-5,10H,3,6-9H2,1-2H3/b5-4+. The van der Waals surface area contributed by atoms with Crippen LogP contribution in [-0.4, -0.2) is 33.5 Å². The molecule has 13 heavy (non-hydrogen) atoms. The number of allylic oxidation sites excluding steroid dienone is 1. The minimum atomic E-state index is -2.78. The van der Waals surface area contributed by atoms with Crippen molar-refractivity contribution < 1.29 is 8.42 Å². The molecule has 3 nitrogen and oxygen atoms in total. The summed E-state index contributed by atoms with van der Waals surface area (Å²) in [5.74, 6) is 0.525. The summed E-state index contributed by atoms with van der Waals surface area (Å²) in [6.45, 7) is 2.62. The van der Waals surface area contributed by atoms with Crippen LogP contribution in [0, 0.1) is 0 Å². The lowest BCUT2D eigenvalue weighted by atomic mass is 10.3. The van der Waals surface area contributed by atoms with Crippen molar-refractivity contribution in [3.05, 3.63) is 12.2 Å². The van der Waals surface area contributed by atoms with E-state index in [0.29, 0.717) is 6.42 Å². The van der Waals surface area contributed by atoms with Gasteiger partial charge in [0.15, 0.2) is 0 Å². The molecule has 0 amide bonds. The zero-order chi connectivity index (χ0) is 10.2. The molecule has 0 rings (SSSR count). The fourth-order valence-corrected chi connectivity index (χ4v) is 1.64. The van der Waals surface area contributed by atoms with Gasteiger partial charge in [0.05, 0.1) is 5.75 Å². The third-order valence-electron chi connectivity index (χ3n) is 1.76. The van der Waals surface area contributed by atoms with Gasteiger partial charge >= 0.3 is 0 Å². The van der Waals surface area contributed by atoms with E-state index in [1.54, 1.807) is 6.92 Å². The average molecular weight is 205 g/mol. The van der Waals surface area contributed by atoms with Crippen molar-refractivity contribution in [2.45, 2.75) is 19.8 Å². The van der Waals surface area contributed by atoms with Gasteiger partial charge in [-0.25, -0.2) is 8.42 Å². The molecule has 0 radical (unpaired) electrons. The summed E-state index contributed by atoms with van der Waals surface area (Å²) < 4.78 is 22.1. The van der Waals surface area contributed by atoms with E-state index in [-0.39, 0.29) is 11.5 Å². The van der Waals surface area contributed by atoms with Crippen LogP contribution in [0.15, 0.2) is 12.2 Å². The second-order valence-electron chi connectivity index (χ2n) is 2.89. The van der Waals surface area contributed by atoms with Crippen molar-refractivity contribution in [1.82, 2.24) is 5.32 Å². The molecule has 0 unspecified atom stereocenters. The van der Waals surface area contributed by atoms with E-state index < -0.39 is 9.84 Å². The Hall–Kier alpha value is -0.350. The Labute approximate surface area is 81.1 Å². The van der Waals surface area contributed by atoms with Crippen LogP contribution in [0.25, 0.3) is 0 Å². The fourth-order valence-electron chi connectivity index (χ4n) is 0.855. The molecule has 0 atom stereocenters. The highest BCUT2D eigenvalue weighted by molar-refractivity contribution is 7.91. The van der Waals surface area contributed by atoms with Gasteiger partial charge in [0, 0.05) is 5.75 Å². The molecule has 0 bridgehead atoms. The summed E-state index contributed by atoms with van der Waals surface area (Å²) in [6.07, 6.45) is 5.55. The van der Waals surface area contributed by atoms with E-state index in [1.165, 1.54) is 0 Å². The van der Waals surface area contributed by atoms with Crippen molar-refractivity contribution in [1.29, 1.82) is 0 Å². The Bertz CT molecular complexity index is 232. The summed E-state index contributed by atoms with van der Waals surface area (Å²) in [7, 11) is -0.881. The topological polar surface area (TPSA) is 46.2 Å². The summed E-state index contributed by atoms with van der Waals surface area (Å²) in [5, 5.41) is 3.02. The lowest BCUT2D eigenvalue weighted by molar-refractivity contribution is 0.597. The smallest absolute Gasteiger partial charge is 0.150 e. The largest absolute Gasteiger partial charge is 0.319 e. The summed E-state index contributed by atoms with van der Waals surface area (Å²) in [4.78, 5) is 0. The predicted molar refractivity (Wildman–Crippen MR) is 56.6 cm³/mol. The number of hydrogen-bond donors (Lipinski definition) is 1. The molecular weight excluding hydrogens is 186 g/mol. The van der Waals surface area contributed by atoms with Crippen LogP contribution in [0.5, 0.6) is 0 Å². The van der Waals surface area contributed by atoms with E-state index in [2.05, 4.69) is 5.32 Å². The first-order chi connectivity index (χ1) is 6.12. The fraction of sp³-hybridized carbons (Fsp3) is 0.778. The Morgan fingerprint density at radius 1 is 1.23 bits per heavy atom. The average Bonchev–Trinajstić information content (AvgIpc) is 2.11. The zero-order valence-corrected chi connectivity index (χ0v) is 9.23. The third-order valence-corrected chi connectivity index (χ3v) is 3.50. The molecule has 0 saturated heterocycles. The van der Waals surface area contributed by atoms with Gasteiger partial charge < -0.3 is 5.32 Å². The molecule has 0 saturated carbocycles. The molecular formula is C9H19NO2S. The Kier molecular flexibility index (Phi) is 6.90. The highest BCUT2D eigenvalue weighted by Crippen LogP contribution is 1.95. The monoisotopic (exact) mass is 205 g/mol. The van der Waals surface area contributed by atoms with Crippen molar-refractivity contribution in [2.24, 2.45) is 0 Å². The molecule has 0 aromatic rings. The van der Waals surface area contributed by atoms with E-state index in [0.717, 1.165) is 13.0 Å². The lowest BCUT2D eigenvalue weighted by Crippen LogP contribution is -2.08. The van der Waals surface area contributed by atoms with E-state index in [4.69, 9.17) is 0 Å². The van der Waals surface area contributed by atoms with Gasteiger partial charge in [0.25, 0.3) is 0 Å². The van der Waals surface area contributed by atoms with Crippen LogP contribution in [-0.2, 0) is 9.84 Å². The van der Waals surface area contributed by atoms with E-state index >= 15 is 0 Å². The van der Waals surface area contributed by atoms with Crippen molar-refractivity contribution >= 4 is 9.84 Å². The maximum absolute atomic E-state index is 11.0. The van der Waals surface area contributed by atoms with Crippen LogP contribution in [0.4, 0.5) is 0 Å². The van der Waals surface area contributed by atoms with Crippen molar-refractivity contribution in [3.8, 4) is 0 Å².